The number of nitrogens with one attached hydrogen (secondary N) is 1. The SMILES string of the molecule is CCc1ccc(-c2nc(NC)c(Br)c(C(C)C)n2)o1. The van der Waals surface area contributed by atoms with Crippen molar-refractivity contribution in [2.24, 2.45) is 0 Å². The molecule has 2 aromatic rings. The minimum Gasteiger partial charge on any atom is -0.458 e. The first-order valence-corrected chi connectivity index (χ1v) is 7.20. The summed E-state index contributed by atoms with van der Waals surface area (Å²) in [7, 11) is 1.85. The molecule has 2 aromatic heterocycles. The predicted molar refractivity (Wildman–Crippen MR) is 80.4 cm³/mol. The van der Waals surface area contributed by atoms with E-state index in [0.717, 1.165) is 28.2 Å². The molecule has 0 amide bonds. The van der Waals surface area contributed by atoms with Gasteiger partial charge in [0, 0.05) is 13.5 Å². The molecule has 1 N–H and O–H groups in total. The van der Waals surface area contributed by atoms with Crippen LogP contribution in [0.25, 0.3) is 11.6 Å². The number of halogens is 1. The Balaban J connectivity index is 2.54. The molecule has 0 aromatic carbocycles. The van der Waals surface area contributed by atoms with Crippen molar-refractivity contribution in [1.82, 2.24) is 9.97 Å². The van der Waals surface area contributed by atoms with E-state index in [1.165, 1.54) is 0 Å². The third kappa shape index (κ3) is 2.81. The zero-order chi connectivity index (χ0) is 14.0. The van der Waals surface area contributed by atoms with Crippen molar-refractivity contribution in [2.45, 2.75) is 33.1 Å². The second-order valence-corrected chi connectivity index (χ2v) is 5.41. The Morgan fingerprint density at radius 2 is 2.05 bits per heavy atom. The number of rotatable bonds is 4. The fourth-order valence-corrected chi connectivity index (χ4v) is 2.64. The van der Waals surface area contributed by atoms with Gasteiger partial charge in [-0.1, -0.05) is 20.8 Å². The van der Waals surface area contributed by atoms with Crippen molar-refractivity contribution in [3.05, 3.63) is 28.1 Å². The molecule has 2 rings (SSSR count). The Bertz CT molecular complexity index is 578. The molecule has 0 saturated carbocycles. The molecule has 0 bridgehead atoms. The molecule has 19 heavy (non-hydrogen) atoms. The Hall–Kier alpha value is -1.36. The van der Waals surface area contributed by atoms with E-state index >= 15 is 0 Å². The van der Waals surface area contributed by atoms with Crippen LogP contribution in [0, 0.1) is 0 Å². The molecule has 0 aliphatic rings. The number of nitrogens with zero attached hydrogens (tertiary/aromatic N) is 2. The van der Waals surface area contributed by atoms with Crippen molar-refractivity contribution in [3.63, 3.8) is 0 Å². The molecule has 2 heterocycles. The fourth-order valence-electron chi connectivity index (χ4n) is 1.81. The number of furan rings is 1. The summed E-state index contributed by atoms with van der Waals surface area (Å²) in [6.45, 7) is 6.27. The first kappa shape index (κ1) is 14.1. The highest BCUT2D eigenvalue weighted by Crippen LogP contribution is 2.31. The van der Waals surface area contributed by atoms with Crippen LogP contribution in [0.5, 0.6) is 0 Å². The maximum absolute atomic E-state index is 5.72. The van der Waals surface area contributed by atoms with Gasteiger partial charge in [-0.15, -0.1) is 0 Å². The van der Waals surface area contributed by atoms with Gasteiger partial charge in [0.2, 0.25) is 0 Å². The highest BCUT2D eigenvalue weighted by Gasteiger charge is 2.16. The smallest absolute Gasteiger partial charge is 0.197 e. The van der Waals surface area contributed by atoms with Crippen LogP contribution < -0.4 is 5.32 Å². The lowest BCUT2D eigenvalue weighted by molar-refractivity contribution is 0.525. The number of hydrogen-bond donors (Lipinski definition) is 1. The monoisotopic (exact) mass is 323 g/mol. The van der Waals surface area contributed by atoms with Gasteiger partial charge in [0.05, 0.1) is 10.2 Å². The third-order valence-electron chi connectivity index (χ3n) is 2.89. The quantitative estimate of drug-likeness (QED) is 0.914. The second kappa shape index (κ2) is 5.74. The van der Waals surface area contributed by atoms with Gasteiger partial charge in [-0.2, -0.15) is 0 Å². The summed E-state index contributed by atoms with van der Waals surface area (Å²) in [6, 6.07) is 3.89. The van der Waals surface area contributed by atoms with Crippen molar-refractivity contribution in [1.29, 1.82) is 0 Å². The van der Waals surface area contributed by atoms with Gasteiger partial charge >= 0.3 is 0 Å². The molecule has 0 radical (unpaired) electrons. The Labute approximate surface area is 121 Å². The van der Waals surface area contributed by atoms with E-state index in [1.807, 2.05) is 19.2 Å². The predicted octanol–water partition coefficient (Wildman–Crippen LogP) is 4.23. The van der Waals surface area contributed by atoms with Crippen molar-refractivity contribution in [3.8, 4) is 11.6 Å². The number of aromatic nitrogens is 2. The van der Waals surface area contributed by atoms with E-state index in [-0.39, 0.29) is 0 Å². The zero-order valence-electron chi connectivity index (χ0n) is 11.6. The van der Waals surface area contributed by atoms with Crippen LogP contribution in [0.15, 0.2) is 21.0 Å². The van der Waals surface area contributed by atoms with Crippen LogP contribution in [0.2, 0.25) is 0 Å². The Morgan fingerprint density at radius 3 is 2.58 bits per heavy atom. The molecule has 0 atom stereocenters. The lowest BCUT2D eigenvalue weighted by atomic mass is 10.1. The summed E-state index contributed by atoms with van der Waals surface area (Å²) >= 11 is 3.55. The minimum atomic E-state index is 0.309. The van der Waals surface area contributed by atoms with Crippen LogP contribution in [0.4, 0.5) is 5.82 Å². The van der Waals surface area contributed by atoms with E-state index in [4.69, 9.17) is 4.42 Å². The highest BCUT2D eigenvalue weighted by molar-refractivity contribution is 9.10. The van der Waals surface area contributed by atoms with Crippen LogP contribution >= 0.6 is 15.9 Å². The van der Waals surface area contributed by atoms with E-state index in [9.17, 15) is 0 Å². The summed E-state index contributed by atoms with van der Waals surface area (Å²) in [5.41, 5.74) is 0.976. The number of anilines is 1. The Kier molecular flexibility index (Phi) is 4.24. The molecule has 0 aliphatic heterocycles. The maximum atomic E-state index is 5.72. The summed E-state index contributed by atoms with van der Waals surface area (Å²) in [5, 5.41) is 3.08. The normalized spacial score (nSPS) is 11.1. The van der Waals surface area contributed by atoms with Gasteiger partial charge in [-0.25, -0.2) is 9.97 Å². The molecular weight excluding hydrogens is 306 g/mol. The molecule has 102 valence electrons. The van der Waals surface area contributed by atoms with E-state index in [0.29, 0.717) is 17.5 Å². The summed E-state index contributed by atoms with van der Waals surface area (Å²) < 4.78 is 6.64. The Morgan fingerprint density at radius 1 is 1.32 bits per heavy atom. The highest BCUT2D eigenvalue weighted by atomic mass is 79.9. The average molecular weight is 324 g/mol. The van der Waals surface area contributed by atoms with Crippen LogP contribution in [-0.4, -0.2) is 17.0 Å². The lowest BCUT2D eigenvalue weighted by Gasteiger charge is -2.12. The van der Waals surface area contributed by atoms with Gasteiger partial charge in [-0.05, 0) is 34.0 Å². The molecule has 0 unspecified atom stereocenters. The minimum absolute atomic E-state index is 0.309. The largest absolute Gasteiger partial charge is 0.458 e. The second-order valence-electron chi connectivity index (χ2n) is 4.62. The molecule has 4 nitrogen and oxygen atoms in total. The fraction of sp³-hybridized carbons (Fsp3) is 0.429. The van der Waals surface area contributed by atoms with Crippen LogP contribution in [0.3, 0.4) is 0 Å². The lowest BCUT2D eigenvalue weighted by Crippen LogP contribution is -2.04. The van der Waals surface area contributed by atoms with Crippen molar-refractivity contribution < 1.29 is 4.42 Å². The van der Waals surface area contributed by atoms with Crippen LogP contribution in [0.1, 0.15) is 38.1 Å². The molecule has 0 saturated heterocycles. The summed E-state index contributed by atoms with van der Waals surface area (Å²) in [5.74, 6) is 3.37. The van der Waals surface area contributed by atoms with E-state index in [1.54, 1.807) is 0 Å². The first-order chi connectivity index (χ1) is 9.06. The maximum Gasteiger partial charge on any atom is 0.197 e. The third-order valence-corrected chi connectivity index (χ3v) is 3.67. The van der Waals surface area contributed by atoms with Gasteiger partial charge in [0.1, 0.15) is 11.6 Å². The molecule has 0 fully saturated rings. The first-order valence-electron chi connectivity index (χ1n) is 6.41. The van der Waals surface area contributed by atoms with Gasteiger partial charge in [0.25, 0.3) is 0 Å². The molecule has 0 aliphatic carbocycles. The zero-order valence-corrected chi connectivity index (χ0v) is 13.2. The van der Waals surface area contributed by atoms with Gasteiger partial charge in [0.15, 0.2) is 11.6 Å². The summed E-state index contributed by atoms with van der Waals surface area (Å²) in [4.78, 5) is 9.10. The number of hydrogen-bond acceptors (Lipinski definition) is 4. The van der Waals surface area contributed by atoms with Gasteiger partial charge < -0.3 is 9.73 Å². The topological polar surface area (TPSA) is 51.0 Å². The molecule has 5 heteroatoms. The number of aryl methyl sites for hydroxylation is 1. The average Bonchev–Trinajstić information content (AvgIpc) is 2.87. The van der Waals surface area contributed by atoms with Crippen molar-refractivity contribution >= 4 is 21.7 Å². The summed E-state index contributed by atoms with van der Waals surface area (Å²) in [6.07, 6.45) is 0.868. The van der Waals surface area contributed by atoms with Gasteiger partial charge in [-0.3, -0.25) is 0 Å². The van der Waals surface area contributed by atoms with Crippen LogP contribution in [-0.2, 0) is 6.42 Å². The van der Waals surface area contributed by atoms with Crippen molar-refractivity contribution in [2.75, 3.05) is 12.4 Å². The molecule has 0 spiro atoms. The molecular formula is C14H18BrN3O. The van der Waals surface area contributed by atoms with E-state index < -0.39 is 0 Å². The van der Waals surface area contributed by atoms with E-state index in [2.05, 4.69) is 52.0 Å². The standard InChI is InChI=1S/C14H18BrN3O/c1-5-9-6-7-10(19-9)13-17-12(8(2)3)11(15)14(16-4)18-13/h6-8H,5H2,1-4H3,(H,16,17,18).